The van der Waals surface area contributed by atoms with Crippen LogP contribution in [0.5, 0.6) is 0 Å². The molecule has 0 unspecified atom stereocenters. The van der Waals surface area contributed by atoms with Crippen LogP contribution in [0.1, 0.15) is 71.1 Å². The Bertz CT molecular complexity index is 151. The largest absolute Gasteiger partial charge is 0.418 e. The molecule has 0 radical (unpaired) electrons. The molecule has 104 valence electrons. The molecule has 0 aliphatic rings. The molecule has 1 nitrogen and oxygen atoms in total. The fourth-order valence-electron chi connectivity index (χ4n) is 1.97. The van der Waals surface area contributed by atoms with Gasteiger partial charge in [0.15, 0.2) is 8.32 Å². The van der Waals surface area contributed by atoms with Crippen molar-refractivity contribution in [3.8, 4) is 0 Å². The first-order valence-electron chi connectivity index (χ1n) is 7.70. The average molecular weight is 259 g/mol. The van der Waals surface area contributed by atoms with Crippen LogP contribution >= 0.6 is 0 Å². The van der Waals surface area contributed by atoms with Crippen molar-refractivity contribution in [3.63, 3.8) is 0 Å². The van der Waals surface area contributed by atoms with Gasteiger partial charge >= 0.3 is 0 Å². The van der Waals surface area contributed by atoms with Crippen molar-refractivity contribution in [2.45, 2.75) is 90.8 Å². The molecule has 0 heterocycles. The first kappa shape index (κ1) is 17.2. The number of hydrogen-bond acceptors (Lipinski definition) is 1. The van der Waals surface area contributed by atoms with Gasteiger partial charge in [-0.2, -0.15) is 0 Å². The zero-order valence-electron chi connectivity index (χ0n) is 12.7. The van der Waals surface area contributed by atoms with E-state index in [4.69, 9.17) is 4.43 Å². The molecule has 0 aliphatic carbocycles. The smallest absolute Gasteiger partial charge is 0.183 e. The van der Waals surface area contributed by atoms with Crippen molar-refractivity contribution in [2.75, 3.05) is 6.61 Å². The van der Waals surface area contributed by atoms with E-state index >= 15 is 0 Å². The molecule has 0 amide bonds. The highest BCUT2D eigenvalue weighted by Gasteiger charge is 2.12. The van der Waals surface area contributed by atoms with Crippen molar-refractivity contribution in [1.29, 1.82) is 0 Å². The zero-order chi connectivity index (χ0) is 13.0. The molecule has 0 spiro atoms. The Morgan fingerprint density at radius 3 is 1.47 bits per heavy atom. The van der Waals surface area contributed by atoms with E-state index in [1.54, 1.807) is 0 Å². The lowest BCUT2D eigenvalue weighted by molar-refractivity contribution is 0.298. The fraction of sp³-hybridized carbons (Fsp3) is 1.00. The van der Waals surface area contributed by atoms with Gasteiger partial charge in [0.05, 0.1) is 0 Å². The molecule has 2 heteroatoms. The summed E-state index contributed by atoms with van der Waals surface area (Å²) >= 11 is 0. The lowest BCUT2D eigenvalue weighted by Crippen LogP contribution is -2.25. The third-order valence-electron chi connectivity index (χ3n) is 3.03. The summed E-state index contributed by atoms with van der Waals surface area (Å²) in [4.78, 5) is 0. The standard InChI is InChI=1S/C15H34OSi/c1-5-6-7-8-9-10-11-12-13-14-15-16-17(2,3)4/h5-15H2,1-4H3. The van der Waals surface area contributed by atoms with Crippen molar-refractivity contribution >= 4 is 8.32 Å². The topological polar surface area (TPSA) is 9.23 Å². The van der Waals surface area contributed by atoms with E-state index in [0.717, 1.165) is 6.61 Å². The first-order chi connectivity index (χ1) is 8.06. The van der Waals surface area contributed by atoms with E-state index in [9.17, 15) is 0 Å². The van der Waals surface area contributed by atoms with Crippen LogP contribution in [0.2, 0.25) is 19.6 Å². The minimum atomic E-state index is -1.25. The molecule has 0 fully saturated rings. The van der Waals surface area contributed by atoms with Crippen LogP contribution in [0.3, 0.4) is 0 Å². The molecule has 0 N–H and O–H groups in total. The van der Waals surface area contributed by atoms with Gasteiger partial charge < -0.3 is 4.43 Å². The average Bonchev–Trinajstić information content (AvgIpc) is 2.24. The molecule has 0 aromatic carbocycles. The summed E-state index contributed by atoms with van der Waals surface area (Å²) in [5.74, 6) is 0. The predicted octanol–water partition coefficient (Wildman–Crippen LogP) is 5.76. The van der Waals surface area contributed by atoms with Gasteiger partial charge in [-0.3, -0.25) is 0 Å². The maximum atomic E-state index is 5.84. The Morgan fingerprint density at radius 2 is 1.06 bits per heavy atom. The van der Waals surface area contributed by atoms with Crippen LogP contribution in [0.15, 0.2) is 0 Å². The molecule has 0 aliphatic heterocycles. The van der Waals surface area contributed by atoms with Crippen molar-refractivity contribution in [2.24, 2.45) is 0 Å². The highest BCUT2D eigenvalue weighted by molar-refractivity contribution is 6.69. The van der Waals surface area contributed by atoms with Gasteiger partial charge in [0.25, 0.3) is 0 Å². The van der Waals surface area contributed by atoms with Crippen molar-refractivity contribution in [3.05, 3.63) is 0 Å². The van der Waals surface area contributed by atoms with Gasteiger partial charge in [-0.1, -0.05) is 64.7 Å². The first-order valence-corrected chi connectivity index (χ1v) is 11.1. The predicted molar refractivity (Wildman–Crippen MR) is 81.1 cm³/mol. The van der Waals surface area contributed by atoms with Crippen LogP contribution in [0.25, 0.3) is 0 Å². The third kappa shape index (κ3) is 16.2. The van der Waals surface area contributed by atoms with Crippen LogP contribution < -0.4 is 0 Å². The molecule has 0 atom stereocenters. The third-order valence-corrected chi connectivity index (χ3v) is 4.10. The summed E-state index contributed by atoms with van der Waals surface area (Å²) in [7, 11) is -1.25. The Morgan fingerprint density at radius 1 is 0.647 bits per heavy atom. The second-order valence-corrected chi connectivity index (χ2v) is 10.7. The lowest BCUT2D eigenvalue weighted by atomic mass is 10.1. The lowest BCUT2D eigenvalue weighted by Gasteiger charge is -2.16. The highest BCUT2D eigenvalue weighted by atomic mass is 28.4. The maximum absolute atomic E-state index is 5.84. The summed E-state index contributed by atoms with van der Waals surface area (Å²) in [6.45, 7) is 10.1. The van der Waals surface area contributed by atoms with Crippen LogP contribution in [-0.4, -0.2) is 14.9 Å². The Balaban J connectivity index is 2.99. The quantitative estimate of drug-likeness (QED) is 0.319. The van der Waals surface area contributed by atoms with Gasteiger partial charge in [-0.15, -0.1) is 0 Å². The van der Waals surface area contributed by atoms with Crippen LogP contribution in [-0.2, 0) is 4.43 Å². The maximum Gasteiger partial charge on any atom is 0.183 e. The molecule has 0 saturated heterocycles. The SMILES string of the molecule is CCCCCCCCCCCCO[Si](C)(C)C. The molecule has 17 heavy (non-hydrogen) atoms. The van der Waals surface area contributed by atoms with Gasteiger partial charge in [0, 0.05) is 6.61 Å². The Labute approximate surface area is 110 Å². The summed E-state index contributed by atoms with van der Waals surface area (Å²) in [5, 5.41) is 0. The van der Waals surface area contributed by atoms with Gasteiger partial charge in [-0.25, -0.2) is 0 Å². The second kappa shape index (κ2) is 11.3. The van der Waals surface area contributed by atoms with Crippen molar-refractivity contribution in [1.82, 2.24) is 0 Å². The molecule has 0 bridgehead atoms. The number of unbranched alkanes of at least 4 members (excludes halogenated alkanes) is 9. The highest BCUT2D eigenvalue weighted by Crippen LogP contribution is 2.11. The van der Waals surface area contributed by atoms with Crippen LogP contribution in [0.4, 0.5) is 0 Å². The minimum absolute atomic E-state index is 0.992. The summed E-state index contributed by atoms with van der Waals surface area (Å²) < 4.78 is 5.84. The van der Waals surface area contributed by atoms with Crippen molar-refractivity contribution < 1.29 is 4.43 Å². The van der Waals surface area contributed by atoms with E-state index in [2.05, 4.69) is 26.6 Å². The summed E-state index contributed by atoms with van der Waals surface area (Å²) in [5.41, 5.74) is 0. The van der Waals surface area contributed by atoms with E-state index < -0.39 is 8.32 Å². The fourth-order valence-corrected chi connectivity index (χ4v) is 2.72. The normalized spacial score (nSPS) is 12.0. The second-order valence-electron chi connectivity index (χ2n) is 6.14. The van der Waals surface area contributed by atoms with E-state index in [-0.39, 0.29) is 0 Å². The Kier molecular flexibility index (Phi) is 11.4. The summed E-state index contributed by atoms with van der Waals surface area (Å²) in [6.07, 6.45) is 14.0. The van der Waals surface area contributed by atoms with E-state index in [1.807, 2.05) is 0 Å². The molecule has 0 rings (SSSR count). The minimum Gasteiger partial charge on any atom is -0.418 e. The van der Waals surface area contributed by atoms with Gasteiger partial charge in [-0.05, 0) is 26.1 Å². The summed E-state index contributed by atoms with van der Waals surface area (Å²) in [6, 6.07) is 0. The molecule has 0 saturated carbocycles. The number of rotatable bonds is 12. The molecular weight excluding hydrogens is 224 g/mol. The molecule has 0 aromatic rings. The van der Waals surface area contributed by atoms with Gasteiger partial charge in [0.2, 0.25) is 0 Å². The zero-order valence-corrected chi connectivity index (χ0v) is 13.7. The monoisotopic (exact) mass is 258 g/mol. The Hall–Kier alpha value is 0.177. The van der Waals surface area contributed by atoms with E-state index in [0.29, 0.717) is 0 Å². The van der Waals surface area contributed by atoms with Gasteiger partial charge in [0.1, 0.15) is 0 Å². The van der Waals surface area contributed by atoms with Crippen LogP contribution in [0, 0.1) is 0 Å². The molecular formula is C15H34OSi. The molecule has 0 aromatic heterocycles. The number of hydrogen-bond donors (Lipinski definition) is 0. The van der Waals surface area contributed by atoms with E-state index in [1.165, 1.54) is 64.2 Å².